The van der Waals surface area contributed by atoms with Crippen LogP contribution in [-0.2, 0) is 9.59 Å². The van der Waals surface area contributed by atoms with Gasteiger partial charge in [0.15, 0.2) is 11.5 Å². The van der Waals surface area contributed by atoms with Crippen LogP contribution < -0.4 is 9.47 Å². The summed E-state index contributed by atoms with van der Waals surface area (Å²) < 4.78 is 11.0. The van der Waals surface area contributed by atoms with E-state index in [2.05, 4.69) is 6.58 Å². The molecule has 1 aromatic rings. The van der Waals surface area contributed by atoms with Crippen LogP contribution in [0.1, 0.15) is 44.6 Å². The minimum absolute atomic E-state index is 0.0318. The number of ether oxygens (including phenoxy) is 2. The van der Waals surface area contributed by atoms with E-state index in [0.29, 0.717) is 29.3 Å². The number of carbonyl (C=O) groups is 2. The highest BCUT2D eigenvalue weighted by atomic mass is 16.5. The van der Waals surface area contributed by atoms with Crippen molar-refractivity contribution in [1.29, 1.82) is 5.26 Å². The second-order valence-corrected chi connectivity index (χ2v) is 7.45. The van der Waals surface area contributed by atoms with Gasteiger partial charge in [-0.05, 0) is 49.1 Å². The van der Waals surface area contributed by atoms with Crippen LogP contribution in [0.2, 0.25) is 0 Å². The number of benzene rings is 1. The van der Waals surface area contributed by atoms with Gasteiger partial charge >= 0.3 is 0 Å². The van der Waals surface area contributed by atoms with Gasteiger partial charge in [-0.2, -0.15) is 5.26 Å². The van der Waals surface area contributed by atoms with Gasteiger partial charge < -0.3 is 9.47 Å². The zero-order chi connectivity index (χ0) is 21.7. The highest BCUT2D eigenvalue weighted by Crippen LogP contribution is 2.34. The number of hydrogen-bond acceptors (Lipinski definition) is 5. The summed E-state index contributed by atoms with van der Waals surface area (Å²) in [5.41, 5.74) is 1.52. The third-order valence-corrected chi connectivity index (χ3v) is 5.57. The average Bonchev–Trinajstić information content (AvgIpc) is 2.76. The molecule has 0 N–H and O–H groups in total. The smallest absolute Gasteiger partial charge is 0.271 e. The van der Waals surface area contributed by atoms with Crippen molar-refractivity contribution in [3.8, 4) is 17.6 Å². The summed E-state index contributed by atoms with van der Waals surface area (Å²) in [6.45, 7) is 5.63. The fraction of sp³-hybridized carbons (Fsp3) is 0.375. The lowest BCUT2D eigenvalue weighted by Crippen LogP contribution is -2.49. The molecule has 1 heterocycles. The molecule has 6 nitrogen and oxygen atoms in total. The van der Waals surface area contributed by atoms with E-state index in [1.54, 1.807) is 38.3 Å². The molecule has 3 rings (SSSR count). The molecule has 30 heavy (non-hydrogen) atoms. The van der Waals surface area contributed by atoms with Crippen LogP contribution in [0.15, 0.2) is 47.6 Å². The molecule has 6 heteroatoms. The van der Waals surface area contributed by atoms with E-state index >= 15 is 0 Å². The second-order valence-electron chi connectivity index (χ2n) is 7.45. The summed E-state index contributed by atoms with van der Waals surface area (Å²) in [5, 5.41) is 9.58. The fourth-order valence-corrected chi connectivity index (χ4v) is 3.98. The molecule has 1 aliphatic carbocycles. The maximum absolute atomic E-state index is 13.3. The largest absolute Gasteiger partial charge is 0.493 e. The van der Waals surface area contributed by atoms with Crippen molar-refractivity contribution in [1.82, 2.24) is 4.90 Å². The molecule has 0 unspecified atom stereocenters. The first-order chi connectivity index (χ1) is 14.5. The van der Waals surface area contributed by atoms with Gasteiger partial charge in [0, 0.05) is 11.6 Å². The summed E-state index contributed by atoms with van der Waals surface area (Å²) in [6, 6.07) is 7.19. The Bertz CT molecular complexity index is 962. The van der Waals surface area contributed by atoms with Crippen LogP contribution in [0, 0.1) is 11.3 Å². The molecule has 0 spiro atoms. The van der Waals surface area contributed by atoms with Gasteiger partial charge in [-0.1, -0.05) is 38.0 Å². The van der Waals surface area contributed by atoms with E-state index in [1.165, 1.54) is 4.90 Å². The van der Waals surface area contributed by atoms with Crippen molar-refractivity contribution in [2.75, 3.05) is 13.7 Å². The number of nitrogens with zero attached hydrogens (tertiary/aromatic N) is 2. The Morgan fingerprint density at radius 1 is 1.20 bits per heavy atom. The summed E-state index contributed by atoms with van der Waals surface area (Å²) in [7, 11) is 1.54. The predicted octanol–water partition coefficient (Wildman–Crippen LogP) is 4.18. The minimum Gasteiger partial charge on any atom is -0.493 e. The number of carbonyl (C=O) groups excluding carboxylic acids is 2. The number of methoxy groups -OCH3 is 1. The third-order valence-electron chi connectivity index (χ3n) is 5.57. The van der Waals surface area contributed by atoms with Gasteiger partial charge in [0.2, 0.25) is 0 Å². The summed E-state index contributed by atoms with van der Waals surface area (Å²) in [6.07, 6.45) is 7.98. The van der Waals surface area contributed by atoms with E-state index < -0.39 is 5.91 Å². The normalized spacial score (nSPS) is 19.1. The van der Waals surface area contributed by atoms with Crippen molar-refractivity contribution >= 4 is 17.9 Å². The van der Waals surface area contributed by atoms with Gasteiger partial charge in [0.05, 0.1) is 7.11 Å². The Labute approximate surface area is 177 Å². The van der Waals surface area contributed by atoms with Crippen LogP contribution in [0.5, 0.6) is 11.5 Å². The topological polar surface area (TPSA) is 79.6 Å². The van der Waals surface area contributed by atoms with Crippen molar-refractivity contribution in [2.45, 2.75) is 45.1 Å². The molecule has 0 saturated heterocycles. The Morgan fingerprint density at radius 2 is 1.93 bits per heavy atom. The van der Waals surface area contributed by atoms with E-state index in [0.717, 1.165) is 37.7 Å². The molecule has 1 fully saturated rings. The Balaban J connectivity index is 2.02. The van der Waals surface area contributed by atoms with Crippen molar-refractivity contribution < 1.29 is 19.1 Å². The number of rotatable bonds is 6. The molecule has 156 valence electrons. The molecule has 1 aromatic carbocycles. The number of nitriles is 1. The standard InChI is InChI=1S/C24H26N2O4/c1-4-12-30-21-11-10-17(14-22(21)29-3)13-19-16(2)20(15-25)24(28)26(23(19)27)18-8-6-5-7-9-18/h4,10-11,13-14,18H,1,5-9,12H2,2-3H3/b19-13+. The van der Waals surface area contributed by atoms with E-state index in [9.17, 15) is 14.9 Å². The van der Waals surface area contributed by atoms with E-state index in [-0.39, 0.29) is 17.5 Å². The van der Waals surface area contributed by atoms with Gasteiger partial charge in [-0.3, -0.25) is 14.5 Å². The maximum Gasteiger partial charge on any atom is 0.271 e. The molecule has 0 radical (unpaired) electrons. The molecule has 1 saturated carbocycles. The molecule has 2 amide bonds. The van der Waals surface area contributed by atoms with Crippen LogP contribution >= 0.6 is 0 Å². The first kappa shape index (κ1) is 21.4. The van der Waals surface area contributed by atoms with Gasteiger partial charge in [0.1, 0.15) is 18.2 Å². The molecule has 1 aliphatic heterocycles. The Hall–Kier alpha value is -3.33. The quantitative estimate of drug-likeness (QED) is 0.402. The SMILES string of the molecule is C=CCOc1ccc(/C=C2/C(=O)N(C3CCCCC3)C(=O)C(C#N)=C2C)cc1OC. The zero-order valence-electron chi connectivity index (χ0n) is 17.4. The molecular formula is C24H26N2O4. The summed E-state index contributed by atoms with van der Waals surface area (Å²) >= 11 is 0. The van der Waals surface area contributed by atoms with Crippen LogP contribution in [-0.4, -0.2) is 36.5 Å². The van der Waals surface area contributed by atoms with Crippen molar-refractivity contribution in [3.05, 3.63) is 53.1 Å². The lowest BCUT2D eigenvalue weighted by molar-refractivity contribution is -0.143. The second kappa shape index (κ2) is 9.45. The Morgan fingerprint density at radius 3 is 2.57 bits per heavy atom. The number of imide groups is 1. The van der Waals surface area contributed by atoms with Crippen molar-refractivity contribution in [2.24, 2.45) is 0 Å². The third kappa shape index (κ3) is 4.16. The Kier molecular flexibility index (Phi) is 6.73. The predicted molar refractivity (Wildman–Crippen MR) is 114 cm³/mol. The van der Waals surface area contributed by atoms with Crippen molar-refractivity contribution in [3.63, 3.8) is 0 Å². The minimum atomic E-state index is -0.477. The van der Waals surface area contributed by atoms with E-state index in [1.807, 2.05) is 12.1 Å². The monoisotopic (exact) mass is 406 g/mol. The molecule has 0 atom stereocenters. The molecule has 0 aromatic heterocycles. The maximum atomic E-state index is 13.3. The molecular weight excluding hydrogens is 380 g/mol. The average molecular weight is 406 g/mol. The van der Waals surface area contributed by atoms with E-state index in [4.69, 9.17) is 9.47 Å². The molecule has 0 bridgehead atoms. The highest BCUT2D eigenvalue weighted by molar-refractivity contribution is 6.19. The number of amides is 2. The summed E-state index contributed by atoms with van der Waals surface area (Å²) in [5.74, 6) is 0.277. The van der Waals surface area contributed by atoms with Crippen LogP contribution in [0.4, 0.5) is 0 Å². The van der Waals surface area contributed by atoms with Gasteiger partial charge in [0.25, 0.3) is 11.8 Å². The zero-order valence-corrected chi connectivity index (χ0v) is 17.4. The van der Waals surface area contributed by atoms with Gasteiger partial charge in [-0.15, -0.1) is 0 Å². The summed E-state index contributed by atoms with van der Waals surface area (Å²) in [4.78, 5) is 27.5. The highest BCUT2D eigenvalue weighted by Gasteiger charge is 2.39. The lowest BCUT2D eigenvalue weighted by Gasteiger charge is -2.36. The van der Waals surface area contributed by atoms with Gasteiger partial charge in [-0.25, -0.2) is 0 Å². The number of hydrogen-bond donors (Lipinski definition) is 0. The first-order valence-corrected chi connectivity index (χ1v) is 10.1. The van der Waals surface area contributed by atoms with Crippen LogP contribution in [0.25, 0.3) is 6.08 Å². The molecule has 2 aliphatic rings. The lowest BCUT2D eigenvalue weighted by atomic mass is 9.88. The first-order valence-electron chi connectivity index (χ1n) is 10.1. The fourth-order valence-electron chi connectivity index (χ4n) is 3.98. The van der Waals surface area contributed by atoms with Crippen LogP contribution in [0.3, 0.4) is 0 Å².